The smallest absolute Gasteiger partial charge is 0.223 e. The highest BCUT2D eigenvalue weighted by atomic mass is 19.1. The number of hydrogen-bond donors (Lipinski definition) is 1. The molecule has 6 nitrogen and oxygen atoms in total. The fourth-order valence-corrected chi connectivity index (χ4v) is 3.03. The molecule has 2 heterocycles. The first-order valence-corrected chi connectivity index (χ1v) is 8.47. The molecule has 0 aliphatic rings. The van der Waals surface area contributed by atoms with Gasteiger partial charge >= 0.3 is 0 Å². The minimum Gasteiger partial charge on any atom is -0.497 e. The first-order chi connectivity index (χ1) is 13.7. The summed E-state index contributed by atoms with van der Waals surface area (Å²) in [6.07, 6.45) is 3.21. The Kier molecular flexibility index (Phi) is 4.60. The zero-order chi connectivity index (χ0) is 19.5. The summed E-state index contributed by atoms with van der Waals surface area (Å²) in [4.78, 5) is 11.3. The van der Waals surface area contributed by atoms with Crippen molar-refractivity contribution in [1.29, 1.82) is 5.26 Å². The van der Waals surface area contributed by atoms with E-state index in [4.69, 9.17) is 9.47 Å². The maximum absolute atomic E-state index is 13.8. The van der Waals surface area contributed by atoms with Crippen molar-refractivity contribution < 1.29 is 13.9 Å². The average Bonchev–Trinajstić information content (AvgIpc) is 3.24. The molecule has 0 amide bonds. The van der Waals surface area contributed by atoms with Crippen LogP contribution in [-0.4, -0.2) is 22.1 Å². The van der Waals surface area contributed by atoms with Crippen LogP contribution in [0.3, 0.4) is 0 Å². The first-order valence-electron chi connectivity index (χ1n) is 8.47. The Balaban J connectivity index is 1.93. The van der Waals surface area contributed by atoms with Gasteiger partial charge in [0.2, 0.25) is 5.88 Å². The van der Waals surface area contributed by atoms with Crippen molar-refractivity contribution >= 4 is 10.8 Å². The molecule has 138 valence electrons. The largest absolute Gasteiger partial charge is 0.497 e. The SMILES string of the molecule is COc1ccc2c(OCc3cnc[nH]3)nc(C#N)c(-c3cccc(F)c3)c2c1. The highest BCUT2D eigenvalue weighted by molar-refractivity contribution is 6.01. The number of nitrogens with one attached hydrogen (secondary N) is 1. The van der Waals surface area contributed by atoms with E-state index in [2.05, 4.69) is 21.0 Å². The Morgan fingerprint density at radius 1 is 1.18 bits per heavy atom. The molecule has 0 saturated carbocycles. The van der Waals surface area contributed by atoms with Crippen LogP contribution >= 0.6 is 0 Å². The second-order valence-electron chi connectivity index (χ2n) is 6.04. The molecule has 4 rings (SSSR count). The Bertz CT molecular complexity index is 1180. The third-order valence-electron chi connectivity index (χ3n) is 4.32. The number of H-pyrrole nitrogens is 1. The number of rotatable bonds is 5. The number of imidazole rings is 1. The third kappa shape index (κ3) is 3.23. The van der Waals surface area contributed by atoms with E-state index in [0.717, 1.165) is 5.69 Å². The number of ether oxygens (including phenoxy) is 2. The predicted molar refractivity (Wildman–Crippen MR) is 101 cm³/mol. The zero-order valence-electron chi connectivity index (χ0n) is 14.9. The molecule has 4 aromatic rings. The van der Waals surface area contributed by atoms with Gasteiger partial charge in [0.1, 0.15) is 24.2 Å². The lowest BCUT2D eigenvalue weighted by Crippen LogP contribution is -2.02. The van der Waals surface area contributed by atoms with Crippen molar-refractivity contribution in [3.05, 3.63) is 72.2 Å². The van der Waals surface area contributed by atoms with E-state index in [0.29, 0.717) is 33.5 Å². The van der Waals surface area contributed by atoms with E-state index in [1.54, 1.807) is 43.9 Å². The lowest BCUT2D eigenvalue weighted by Gasteiger charge is -2.14. The van der Waals surface area contributed by atoms with Crippen LogP contribution in [0.5, 0.6) is 11.6 Å². The summed E-state index contributed by atoms with van der Waals surface area (Å²) in [5.41, 5.74) is 2.01. The lowest BCUT2D eigenvalue weighted by atomic mass is 9.97. The molecule has 0 bridgehead atoms. The molecule has 0 aliphatic heterocycles. The van der Waals surface area contributed by atoms with Crippen LogP contribution in [0.2, 0.25) is 0 Å². The van der Waals surface area contributed by atoms with Gasteiger partial charge in [-0.15, -0.1) is 0 Å². The van der Waals surface area contributed by atoms with E-state index < -0.39 is 5.82 Å². The molecule has 0 saturated heterocycles. The lowest BCUT2D eigenvalue weighted by molar-refractivity contribution is 0.294. The number of pyridine rings is 1. The molecular weight excluding hydrogens is 359 g/mol. The summed E-state index contributed by atoms with van der Waals surface area (Å²) in [5.74, 6) is 0.528. The number of halogens is 1. The monoisotopic (exact) mass is 374 g/mol. The average molecular weight is 374 g/mol. The molecule has 1 N–H and O–H groups in total. The Hall–Kier alpha value is -3.92. The van der Waals surface area contributed by atoms with Gasteiger partial charge in [0.25, 0.3) is 0 Å². The van der Waals surface area contributed by atoms with Crippen LogP contribution in [0, 0.1) is 17.1 Å². The van der Waals surface area contributed by atoms with Gasteiger partial charge in [-0.05, 0) is 35.9 Å². The van der Waals surface area contributed by atoms with Crippen molar-refractivity contribution in [3.63, 3.8) is 0 Å². The van der Waals surface area contributed by atoms with Crippen molar-refractivity contribution in [3.8, 4) is 28.8 Å². The van der Waals surface area contributed by atoms with Gasteiger partial charge in [0.05, 0.1) is 25.3 Å². The van der Waals surface area contributed by atoms with Crippen LogP contribution in [0.4, 0.5) is 4.39 Å². The van der Waals surface area contributed by atoms with Gasteiger partial charge in [-0.25, -0.2) is 14.4 Å². The van der Waals surface area contributed by atoms with E-state index in [1.807, 2.05) is 6.07 Å². The standard InChI is InChI=1S/C21H15FN4O2/c1-27-16-5-6-17-18(8-16)20(13-3-2-4-14(22)7-13)19(9-23)26-21(17)28-11-15-10-24-12-25-15/h2-8,10,12H,11H2,1H3,(H,24,25). The molecule has 2 aromatic heterocycles. The minimum absolute atomic E-state index is 0.144. The van der Waals surface area contributed by atoms with Crippen LogP contribution in [0.25, 0.3) is 21.9 Å². The van der Waals surface area contributed by atoms with Crippen LogP contribution in [-0.2, 0) is 6.61 Å². The predicted octanol–water partition coefficient (Wildman–Crippen LogP) is 4.22. The van der Waals surface area contributed by atoms with Gasteiger partial charge in [0, 0.05) is 16.3 Å². The van der Waals surface area contributed by atoms with Gasteiger partial charge in [0.15, 0.2) is 5.69 Å². The van der Waals surface area contributed by atoms with Crippen molar-refractivity contribution in [1.82, 2.24) is 15.0 Å². The minimum atomic E-state index is -0.392. The van der Waals surface area contributed by atoms with E-state index >= 15 is 0 Å². The Morgan fingerprint density at radius 2 is 2.07 bits per heavy atom. The topological polar surface area (TPSA) is 83.8 Å². The number of aromatic nitrogens is 3. The molecule has 7 heteroatoms. The number of methoxy groups -OCH3 is 1. The van der Waals surface area contributed by atoms with Crippen molar-refractivity contribution in [2.24, 2.45) is 0 Å². The summed E-state index contributed by atoms with van der Waals surface area (Å²) in [5, 5.41) is 11.1. The molecule has 0 spiro atoms. The number of hydrogen-bond acceptors (Lipinski definition) is 5. The number of fused-ring (bicyclic) bond motifs is 1. The quantitative estimate of drug-likeness (QED) is 0.565. The van der Waals surface area contributed by atoms with E-state index in [9.17, 15) is 9.65 Å². The summed E-state index contributed by atoms with van der Waals surface area (Å²) < 4.78 is 25.0. The Morgan fingerprint density at radius 3 is 2.79 bits per heavy atom. The van der Waals surface area contributed by atoms with E-state index in [1.165, 1.54) is 12.1 Å². The molecule has 0 unspecified atom stereocenters. The van der Waals surface area contributed by atoms with E-state index in [-0.39, 0.29) is 12.3 Å². The van der Waals surface area contributed by atoms with Crippen LogP contribution in [0.15, 0.2) is 55.0 Å². The fraction of sp³-hybridized carbons (Fsp3) is 0.0952. The first kappa shape index (κ1) is 17.5. The normalized spacial score (nSPS) is 10.6. The molecule has 2 aromatic carbocycles. The fourth-order valence-electron chi connectivity index (χ4n) is 3.03. The second kappa shape index (κ2) is 7.37. The number of benzene rings is 2. The number of nitriles is 1. The third-order valence-corrected chi connectivity index (χ3v) is 4.32. The van der Waals surface area contributed by atoms with Gasteiger partial charge in [-0.3, -0.25) is 0 Å². The van der Waals surface area contributed by atoms with Gasteiger partial charge < -0.3 is 14.5 Å². The van der Waals surface area contributed by atoms with Crippen LogP contribution < -0.4 is 9.47 Å². The van der Waals surface area contributed by atoms with Crippen LogP contribution in [0.1, 0.15) is 11.4 Å². The summed E-state index contributed by atoms with van der Waals surface area (Å²) in [7, 11) is 1.56. The number of nitrogens with zero attached hydrogens (tertiary/aromatic N) is 3. The highest BCUT2D eigenvalue weighted by Crippen LogP contribution is 2.37. The maximum atomic E-state index is 13.8. The number of aromatic amines is 1. The van der Waals surface area contributed by atoms with Gasteiger partial charge in [-0.1, -0.05) is 12.1 Å². The molecular formula is C21H15FN4O2. The summed E-state index contributed by atoms with van der Waals surface area (Å²) in [6, 6.07) is 13.6. The molecule has 0 atom stereocenters. The summed E-state index contributed by atoms with van der Waals surface area (Å²) in [6.45, 7) is 0.221. The molecule has 0 fully saturated rings. The maximum Gasteiger partial charge on any atom is 0.223 e. The van der Waals surface area contributed by atoms with Crippen molar-refractivity contribution in [2.45, 2.75) is 6.61 Å². The molecule has 0 radical (unpaired) electrons. The van der Waals surface area contributed by atoms with Crippen molar-refractivity contribution in [2.75, 3.05) is 7.11 Å². The molecule has 0 aliphatic carbocycles. The molecule has 28 heavy (non-hydrogen) atoms. The zero-order valence-corrected chi connectivity index (χ0v) is 14.9. The second-order valence-corrected chi connectivity index (χ2v) is 6.04. The van der Waals surface area contributed by atoms with Gasteiger partial charge in [-0.2, -0.15) is 5.26 Å². The highest BCUT2D eigenvalue weighted by Gasteiger charge is 2.18. The Labute approximate surface area is 160 Å². The summed E-state index contributed by atoms with van der Waals surface area (Å²) >= 11 is 0.